The molecule has 328 valence electrons. The summed E-state index contributed by atoms with van der Waals surface area (Å²) >= 11 is 11.9. The molecule has 12 heteroatoms. The third-order valence-electron chi connectivity index (χ3n) is 11.3. The summed E-state index contributed by atoms with van der Waals surface area (Å²) in [4.78, 5) is 14.5. The van der Waals surface area contributed by atoms with E-state index in [0.717, 1.165) is 85.7 Å². The Morgan fingerprint density at radius 2 is 0.919 bits per heavy atom. The second-order valence-corrected chi connectivity index (χ2v) is 19.5. The number of para-hydroxylation sites is 2. The van der Waals surface area contributed by atoms with Crippen molar-refractivity contribution in [2.75, 3.05) is 46.6 Å². The first-order valence-corrected chi connectivity index (χ1v) is 22.6. The Bertz CT molecular complexity index is 2280. The van der Waals surface area contributed by atoms with Crippen LogP contribution in [0.1, 0.15) is 78.4 Å². The topological polar surface area (TPSA) is 121 Å². The molecule has 0 unspecified atom stereocenters. The van der Waals surface area contributed by atoms with E-state index in [2.05, 4.69) is 121 Å². The van der Waals surface area contributed by atoms with Crippen LogP contribution in [0.25, 0.3) is 21.8 Å². The fourth-order valence-electron chi connectivity index (χ4n) is 8.52. The zero-order valence-electron chi connectivity index (χ0n) is 36.9. The SMILES string of the molecule is CC(C)(C)NC1CCN(c2cc(NCc3ccc(Cl)cc3O)nc3ccccc23)CC1.CC(C)(C)NC1CCN(c2cc(NCc3ccc(Cl)cc3O)nc3ccccc23)CC1. The zero-order valence-corrected chi connectivity index (χ0v) is 38.4. The van der Waals surface area contributed by atoms with Crippen molar-refractivity contribution >= 4 is 68.0 Å². The molecule has 0 amide bonds. The quantitative estimate of drug-likeness (QED) is 0.0793. The van der Waals surface area contributed by atoms with Gasteiger partial charge in [-0.3, -0.25) is 0 Å². The first-order chi connectivity index (χ1) is 29.6. The molecule has 2 aliphatic heterocycles. The van der Waals surface area contributed by atoms with E-state index in [0.29, 0.717) is 35.2 Å². The molecule has 8 rings (SSSR count). The van der Waals surface area contributed by atoms with Crippen LogP contribution in [-0.4, -0.2) is 69.5 Å². The number of phenolic OH excluding ortho intramolecular Hbond substituents is 2. The summed E-state index contributed by atoms with van der Waals surface area (Å²) in [6, 6.07) is 32.3. The summed E-state index contributed by atoms with van der Waals surface area (Å²) in [7, 11) is 0. The van der Waals surface area contributed by atoms with Gasteiger partial charge in [0.25, 0.3) is 0 Å². The average molecular weight is 878 g/mol. The van der Waals surface area contributed by atoms with E-state index >= 15 is 0 Å². The van der Waals surface area contributed by atoms with Crippen molar-refractivity contribution in [3.63, 3.8) is 0 Å². The highest BCUT2D eigenvalue weighted by molar-refractivity contribution is 6.31. The molecule has 0 radical (unpaired) electrons. The Morgan fingerprint density at radius 1 is 0.548 bits per heavy atom. The summed E-state index contributed by atoms with van der Waals surface area (Å²) in [5, 5.41) is 37.9. The Morgan fingerprint density at radius 3 is 1.27 bits per heavy atom. The predicted octanol–water partition coefficient (Wildman–Crippen LogP) is 11.1. The summed E-state index contributed by atoms with van der Waals surface area (Å²) in [6.07, 6.45) is 4.48. The summed E-state index contributed by atoms with van der Waals surface area (Å²) < 4.78 is 0. The van der Waals surface area contributed by atoms with Gasteiger partial charge in [-0.2, -0.15) is 0 Å². The normalized spacial score (nSPS) is 15.4. The second kappa shape index (κ2) is 19.6. The van der Waals surface area contributed by atoms with Crippen molar-refractivity contribution in [3.05, 3.63) is 118 Å². The maximum atomic E-state index is 10.1. The standard InChI is InChI=1S/2C25H31ClN4O/c2*1-25(2,3)29-19-10-12-30(13-11-19)22-15-24(28-21-7-5-4-6-20(21)22)27-16-17-8-9-18(26)14-23(17)31/h2*4-9,14-15,19,29,31H,10-13,16H2,1-3H3,(H,27,28). The van der Waals surface area contributed by atoms with Crippen LogP contribution in [0, 0.1) is 0 Å². The van der Waals surface area contributed by atoms with E-state index in [1.54, 1.807) is 24.3 Å². The molecule has 2 fully saturated rings. The minimum Gasteiger partial charge on any atom is -0.508 e. The number of nitrogens with zero attached hydrogens (tertiary/aromatic N) is 4. The van der Waals surface area contributed by atoms with Gasteiger partial charge in [0.2, 0.25) is 0 Å². The van der Waals surface area contributed by atoms with E-state index in [-0.39, 0.29) is 22.6 Å². The molecule has 0 bridgehead atoms. The van der Waals surface area contributed by atoms with Gasteiger partial charge < -0.3 is 41.3 Å². The highest BCUT2D eigenvalue weighted by Crippen LogP contribution is 2.34. The van der Waals surface area contributed by atoms with Crippen LogP contribution < -0.4 is 31.1 Å². The lowest BCUT2D eigenvalue weighted by molar-refractivity contribution is 0.317. The van der Waals surface area contributed by atoms with Crippen molar-refractivity contribution in [2.45, 2.75) is 103 Å². The lowest BCUT2D eigenvalue weighted by Gasteiger charge is -2.37. The minimum atomic E-state index is 0.139. The maximum absolute atomic E-state index is 10.1. The Kier molecular flexibility index (Phi) is 14.2. The number of phenols is 2. The molecule has 4 heterocycles. The van der Waals surface area contributed by atoms with Crippen molar-refractivity contribution in [1.29, 1.82) is 0 Å². The molecule has 6 aromatic rings. The number of fused-ring (bicyclic) bond motifs is 2. The van der Waals surface area contributed by atoms with E-state index < -0.39 is 0 Å². The smallest absolute Gasteiger partial charge is 0.129 e. The van der Waals surface area contributed by atoms with E-state index in [4.69, 9.17) is 33.2 Å². The molecule has 6 N–H and O–H groups in total. The number of pyridine rings is 2. The minimum absolute atomic E-state index is 0.139. The third kappa shape index (κ3) is 12.1. The van der Waals surface area contributed by atoms with Gasteiger partial charge in [-0.25, -0.2) is 9.97 Å². The van der Waals surface area contributed by atoms with Crippen molar-refractivity contribution < 1.29 is 10.2 Å². The fourth-order valence-corrected chi connectivity index (χ4v) is 8.85. The molecule has 2 aromatic heterocycles. The second-order valence-electron chi connectivity index (χ2n) is 18.7. The van der Waals surface area contributed by atoms with Gasteiger partial charge in [-0.15, -0.1) is 0 Å². The van der Waals surface area contributed by atoms with Crippen molar-refractivity contribution in [1.82, 2.24) is 20.6 Å². The average Bonchev–Trinajstić information content (AvgIpc) is 3.22. The highest BCUT2D eigenvalue weighted by atomic mass is 35.5. The molecule has 0 aliphatic carbocycles. The molecule has 0 atom stereocenters. The number of nitrogens with one attached hydrogen (secondary N) is 4. The maximum Gasteiger partial charge on any atom is 0.129 e. The molecule has 0 saturated carbocycles. The molecule has 0 spiro atoms. The van der Waals surface area contributed by atoms with E-state index in [1.807, 2.05) is 24.3 Å². The molecule has 2 saturated heterocycles. The van der Waals surface area contributed by atoms with Gasteiger partial charge >= 0.3 is 0 Å². The first kappa shape index (κ1) is 45.0. The number of hydrogen-bond donors (Lipinski definition) is 6. The van der Waals surface area contributed by atoms with Gasteiger partial charge in [0.1, 0.15) is 23.1 Å². The van der Waals surface area contributed by atoms with Gasteiger partial charge in [0, 0.05) is 118 Å². The van der Waals surface area contributed by atoms with Crippen molar-refractivity contribution in [2.24, 2.45) is 0 Å². The zero-order chi connectivity index (χ0) is 44.0. The lowest BCUT2D eigenvalue weighted by Crippen LogP contribution is -2.49. The molecule has 10 nitrogen and oxygen atoms in total. The Labute approximate surface area is 377 Å². The van der Waals surface area contributed by atoms with Gasteiger partial charge in [0.15, 0.2) is 0 Å². The predicted molar refractivity (Wildman–Crippen MR) is 261 cm³/mol. The summed E-state index contributed by atoms with van der Waals surface area (Å²) in [6.45, 7) is 18.4. The number of aromatic hydroxyl groups is 2. The lowest BCUT2D eigenvalue weighted by atomic mass is 9.99. The van der Waals surface area contributed by atoms with Gasteiger partial charge in [0.05, 0.1) is 11.0 Å². The monoisotopic (exact) mass is 876 g/mol. The van der Waals surface area contributed by atoms with Gasteiger partial charge in [-0.1, -0.05) is 71.7 Å². The largest absolute Gasteiger partial charge is 0.508 e. The van der Waals surface area contributed by atoms with Crippen LogP contribution in [0.2, 0.25) is 10.0 Å². The first-order valence-electron chi connectivity index (χ1n) is 21.8. The number of rotatable bonds is 10. The van der Waals surface area contributed by atoms with Crippen LogP contribution in [-0.2, 0) is 13.1 Å². The van der Waals surface area contributed by atoms with Crippen LogP contribution in [0.5, 0.6) is 11.5 Å². The van der Waals surface area contributed by atoms with Crippen LogP contribution in [0.15, 0.2) is 97.1 Å². The third-order valence-corrected chi connectivity index (χ3v) is 11.8. The number of benzene rings is 4. The Balaban J connectivity index is 0.000000186. The summed E-state index contributed by atoms with van der Waals surface area (Å²) in [5.74, 6) is 1.99. The molecular weight excluding hydrogens is 816 g/mol. The van der Waals surface area contributed by atoms with E-state index in [9.17, 15) is 10.2 Å². The number of halogens is 2. The number of aromatic nitrogens is 2. The molecule has 4 aromatic carbocycles. The highest BCUT2D eigenvalue weighted by Gasteiger charge is 2.26. The fraction of sp³-hybridized carbons (Fsp3) is 0.400. The van der Waals surface area contributed by atoms with E-state index in [1.165, 1.54) is 22.1 Å². The van der Waals surface area contributed by atoms with Crippen molar-refractivity contribution in [3.8, 4) is 11.5 Å². The number of anilines is 4. The molecule has 62 heavy (non-hydrogen) atoms. The number of hydrogen-bond acceptors (Lipinski definition) is 10. The number of piperidine rings is 2. The van der Waals surface area contributed by atoms with Crippen LogP contribution >= 0.6 is 23.2 Å². The van der Waals surface area contributed by atoms with Gasteiger partial charge in [-0.05, 0) is 104 Å². The molecule has 2 aliphatic rings. The molecular formula is C50H62Cl2N8O2. The Hall–Kier alpha value is -5.00. The summed E-state index contributed by atoms with van der Waals surface area (Å²) in [5.41, 5.74) is 6.21. The van der Waals surface area contributed by atoms with Crippen LogP contribution in [0.4, 0.5) is 23.0 Å². The van der Waals surface area contributed by atoms with Crippen LogP contribution in [0.3, 0.4) is 0 Å².